The first-order chi connectivity index (χ1) is 9.72. The molecule has 1 unspecified atom stereocenters. The van der Waals surface area contributed by atoms with Crippen LogP contribution in [0.15, 0.2) is 35.4 Å². The Labute approximate surface area is 124 Å². The minimum Gasteiger partial charge on any atom is -0.309 e. The fourth-order valence-electron chi connectivity index (χ4n) is 2.42. The van der Waals surface area contributed by atoms with E-state index in [0.717, 1.165) is 24.5 Å². The molecular weight excluding hydrogens is 268 g/mol. The quantitative estimate of drug-likeness (QED) is 0.918. The van der Waals surface area contributed by atoms with Gasteiger partial charge in [-0.3, -0.25) is 4.68 Å². The molecule has 0 fully saturated rings. The van der Waals surface area contributed by atoms with Crippen molar-refractivity contribution in [3.05, 3.63) is 41.7 Å². The average molecular weight is 288 g/mol. The van der Waals surface area contributed by atoms with E-state index in [1.54, 1.807) is 0 Å². The maximum Gasteiger partial charge on any atom is 0.0964 e. The van der Waals surface area contributed by atoms with Gasteiger partial charge in [-0.25, -0.2) is 0 Å². The van der Waals surface area contributed by atoms with Crippen molar-refractivity contribution in [2.45, 2.75) is 43.8 Å². The van der Waals surface area contributed by atoms with Gasteiger partial charge in [-0.2, -0.15) is 0 Å². The van der Waals surface area contributed by atoms with Gasteiger partial charge in [0.05, 0.1) is 12.2 Å². The van der Waals surface area contributed by atoms with Crippen molar-refractivity contribution < 1.29 is 0 Å². The molecule has 0 spiro atoms. The first kappa shape index (κ1) is 13.6. The molecule has 1 atom stereocenters. The summed E-state index contributed by atoms with van der Waals surface area (Å²) in [6, 6.07) is 9.15. The van der Waals surface area contributed by atoms with Crippen LogP contribution in [0.4, 0.5) is 0 Å². The third-order valence-corrected chi connectivity index (χ3v) is 4.74. The van der Waals surface area contributed by atoms with Crippen molar-refractivity contribution in [3.63, 3.8) is 0 Å². The minimum absolute atomic E-state index is 0.471. The Bertz CT molecular complexity index is 579. The molecule has 106 valence electrons. The van der Waals surface area contributed by atoms with E-state index in [-0.39, 0.29) is 0 Å². The molecule has 1 aromatic carbocycles. The number of fused-ring (bicyclic) bond motifs is 1. The van der Waals surface area contributed by atoms with E-state index in [9.17, 15) is 0 Å². The van der Waals surface area contributed by atoms with E-state index in [1.165, 1.54) is 10.5 Å². The predicted octanol–water partition coefficient (Wildman–Crippen LogP) is 2.67. The fraction of sp³-hybridized carbons (Fsp3) is 0.467. The highest BCUT2D eigenvalue weighted by Crippen LogP contribution is 2.39. The van der Waals surface area contributed by atoms with Crippen molar-refractivity contribution in [1.82, 2.24) is 20.3 Å². The highest BCUT2D eigenvalue weighted by Gasteiger charge is 2.23. The van der Waals surface area contributed by atoms with Gasteiger partial charge in [0.1, 0.15) is 0 Å². The molecule has 0 amide bonds. The summed E-state index contributed by atoms with van der Waals surface area (Å²) in [7, 11) is 0. The summed E-state index contributed by atoms with van der Waals surface area (Å²) in [4.78, 5) is 1.42. The molecule has 1 N–H and O–H groups in total. The number of nitrogens with one attached hydrogen (secondary N) is 1. The molecule has 1 aliphatic rings. The second-order valence-corrected chi connectivity index (χ2v) is 6.58. The maximum absolute atomic E-state index is 4.25. The van der Waals surface area contributed by atoms with Crippen molar-refractivity contribution in [2.75, 3.05) is 5.75 Å². The zero-order valence-corrected chi connectivity index (χ0v) is 12.7. The summed E-state index contributed by atoms with van der Waals surface area (Å²) in [5, 5.41) is 11.8. The second-order valence-electron chi connectivity index (χ2n) is 5.51. The van der Waals surface area contributed by atoms with Crippen LogP contribution in [0.3, 0.4) is 0 Å². The summed E-state index contributed by atoms with van der Waals surface area (Å²) < 4.78 is 1.98. The van der Waals surface area contributed by atoms with Crippen molar-refractivity contribution in [1.29, 1.82) is 0 Å². The molecule has 0 aliphatic carbocycles. The summed E-state index contributed by atoms with van der Waals surface area (Å²) in [5.74, 6) is 1.68. The molecule has 3 rings (SSSR count). The Morgan fingerprint density at radius 2 is 2.25 bits per heavy atom. The highest BCUT2D eigenvalue weighted by atomic mass is 32.2. The third kappa shape index (κ3) is 3.04. The van der Waals surface area contributed by atoms with Crippen molar-refractivity contribution in [2.24, 2.45) is 0 Å². The largest absolute Gasteiger partial charge is 0.309 e. The molecule has 2 aromatic rings. The summed E-state index contributed by atoms with van der Waals surface area (Å²) in [6.45, 7) is 5.97. The van der Waals surface area contributed by atoms with Crippen molar-refractivity contribution >= 4 is 11.8 Å². The Morgan fingerprint density at radius 3 is 3.10 bits per heavy atom. The topological polar surface area (TPSA) is 42.7 Å². The van der Waals surface area contributed by atoms with E-state index in [0.29, 0.717) is 12.0 Å². The lowest BCUT2D eigenvalue weighted by Crippen LogP contribution is -2.21. The van der Waals surface area contributed by atoms with E-state index in [1.807, 2.05) is 16.4 Å². The molecule has 4 nitrogen and oxygen atoms in total. The normalized spacial score (nSPS) is 17.6. The number of rotatable bonds is 5. The lowest BCUT2D eigenvalue weighted by molar-refractivity contribution is 0.532. The third-order valence-electron chi connectivity index (χ3n) is 3.48. The second kappa shape index (κ2) is 5.97. The summed E-state index contributed by atoms with van der Waals surface area (Å²) in [6.07, 6.45) is 2.06. The van der Waals surface area contributed by atoms with Gasteiger partial charge < -0.3 is 5.32 Å². The average Bonchev–Trinajstić information content (AvgIpc) is 3.05. The van der Waals surface area contributed by atoms with Crippen LogP contribution in [0.2, 0.25) is 0 Å². The molecule has 0 saturated heterocycles. The lowest BCUT2D eigenvalue weighted by atomic mass is 10.0. The Morgan fingerprint density at radius 1 is 1.40 bits per heavy atom. The summed E-state index contributed by atoms with van der Waals surface area (Å²) >= 11 is 1.94. The molecule has 1 aliphatic heterocycles. The Hall–Kier alpha value is -1.33. The Kier molecular flexibility index (Phi) is 4.08. The van der Waals surface area contributed by atoms with Crippen LogP contribution in [0.1, 0.15) is 31.0 Å². The number of benzene rings is 1. The van der Waals surface area contributed by atoms with Gasteiger partial charge >= 0.3 is 0 Å². The molecule has 0 bridgehead atoms. The van der Waals surface area contributed by atoms with Crippen molar-refractivity contribution in [3.8, 4) is 0 Å². The van der Waals surface area contributed by atoms with Crippen LogP contribution < -0.4 is 5.32 Å². The molecule has 2 heterocycles. The van der Waals surface area contributed by atoms with E-state index < -0.39 is 0 Å². The van der Waals surface area contributed by atoms with Gasteiger partial charge in [0.2, 0.25) is 0 Å². The number of nitrogens with zero attached hydrogens (tertiary/aromatic N) is 3. The van der Waals surface area contributed by atoms with E-state index in [4.69, 9.17) is 0 Å². The molecule has 0 saturated carbocycles. The van der Waals surface area contributed by atoms with Gasteiger partial charge in [-0.05, 0) is 11.6 Å². The molecule has 1 aromatic heterocycles. The van der Waals surface area contributed by atoms with Crippen LogP contribution >= 0.6 is 11.8 Å². The first-order valence-electron chi connectivity index (χ1n) is 7.06. The molecular formula is C15H20N4S. The van der Waals surface area contributed by atoms with Gasteiger partial charge in [-0.1, -0.05) is 37.3 Å². The Balaban J connectivity index is 1.64. The van der Waals surface area contributed by atoms with Crippen LogP contribution in [-0.2, 0) is 13.1 Å². The fourth-order valence-corrected chi connectivity index (χ4v) is 3.67. The smallest absolute Gasteiger partial charge is 0.0964 e. The number of hydrogen-bond acceptors (Lipinski definition) is 4. The number of hydrogen-bond donors (Lipinski definition) is 1. The van der Waals surface area contributed by atoms with Gasteiger partial charge in [0.15, 0.2) is 0 Å². The molecule has 20 heavy (non-hydrogen) atoms. The minimum atomic E-state index is 0.471. The standard InChI is InChI=1S/C15H20N4S/c1-11(2)16-7-13-9-19(18-17-13)8-12-10-20-15-6-4-3-5-14(12)15/h3-6,9,11-12,16H,7-8,10H2,1-2H3. The van der Waals surface area contributed by atoms with Gasteiger partial charge in [0, 0.05) is 35.3 Å². The van der Waals surface area contributed by atoms with Crippen LogP contribution in [0.25, 0.3) is 0 Å². The molecule has 0 radical (unpaired) electrons. The van der Waals surface area contributed by atoms with E-state index in [2.05, 4.69) is 59.9 Å². The predicted molar refractivity (Wildman–Crippen MR) is 81.9 cm³/mol. The zero-order valence-electron chi connectivity index (χ0n) is 11.9. The first-order valence-corrected chi connectivity index (χ1v) is 8.05. The highest BCUT2D eigenvalue weighted by molar-refractivity contribution is 7.99. The SMILES string of the molecule is CC(C)NCc1cn(CC2CSc3ccccc32)nn1. The number of aromatic nitrogens is 3. The van der Waals surface area contributed by atoms with Crippen LogP contribution in [-0.4, -0.2) is 26.8 Å². The van der Waals surface area contributed by atoms with E-state index >= 15 is 0 Å². The van der Waals surface area contributed by atoms with Crippen LogP contribution in [0, 0.1) is 0 Å². The lowest BCUT2D eigenvalue weighted by Gasteiger charge is -2.09. The number of thioether (sulfide) groups is 1. The van der Waals surface area contributed by atoms with Gasteiger partial charge in [-0.15, -0.1) is 16.9 Å². The van der Waals surface area contributed by atoms with Gasteiger partial charge in [0.25, 0.3) is 0 Å². The van der Waals surface area contributed by atoms with Crippen LogP contribution in [0.5, 0.6) is 0 Å². The molecule has 5 heteroatoms. The summed E-state index contributed by atoms with van der Waals surface area (Å²) in [5.41, 5.74) is 2.47. The monoisotopic (exact) mass is 288 g/mol. The maximum atomic E-state index is 4.25. The zero-order chi connectivity index (χ0) is 13.9.